The molecule has 4 rings (SSSR count). The third-order valence-electron chi connectivity index (χ3n) is 2.91. The molecule has 0 saturated carbocycles. The van der Waals surface area contributed by atoms with Crippen molar-refractivity contribution in [2.45, 2.75) is 0 Å². The highest BCUT2D eigenvalue weighted by Crippen LogP contribution is 2.23. The highest BCUT2D eigenvalue weighted by Gasteiger charge is 2.07. The zero-order chi connectivity index (χ0) is 11.9. The van der Waals surface area contributed by atoms with Crippen molar-refractivity contribution in [1.29, 1.82) is 0 Å². The summed E-state index contributed by atoms with van der Waals surface area (Å²) in [4.78, 5) is 4.27. The van der Waals surface area contributed by atoms with Crippen molar-refractivity contribution in [3.8, 4) is 11.1 Å². The van der Waals surface area contributed by atoms with E-state index in [1.54, 1.807) is 21.6 Å². The SMILES string of the molecule is [c]1c(-c2cccn3ncnc23)ccn2nccc12. The normalized spacial score (nSPS) is 11.3. The number of aromatic nitrogens is 5. The fourth-order valence-electron chi connectivity index (χ4n) is 2.07. The van der Waals surface area contributed by atoms with Crippen molar-refractivity contribution >= 4 is 11.2 Å². The third-order valence-corrected chi connectivity index (χ3v) is 2.91. The lowest BCUT2D eigenvalue weighted by atomic mass is 10.1. The van der Waals surface area contributed by atoms with E-state index in [9.17, 15) is 0 Å². The molecule has 0 amide bonds. The molecule has 0 spiro atoms. The molecule has 0 bridgehead atoms. The van der Waals surface area contributed by atoms with E-state index < -0.39 is 0 Å². The van der Waals surface area contributed by atoms with Gasteiger partial charge >= 0.3 is 0 Å². The van der Waals surface area contributed by atoms with Gasteiger partial charge in [0.2, 0.25) is 0 Å². The van der Waals surface area contributed by atoms with Gasteiger partial charge < -0.3 is 0 Å². The summed E-state index contributed by atoms with van der Waals surface area (Å²) in [7, 11) is 0. The van der Waals surface area contributed by atoms with Gasteiger partial charge in [0.1, 0.15) is 6.33 Å². The molecule has 0 atom stereocenters. The maximum atomic E-state index is 4.27. The average Bonchev–Trinajstić information content (AvgIpc) is 3.05. The van der Waals surface area contributed by atoms with Crippen LogP contribution in [0, 0.1) is 6.07 Å². The van der Waals surface area contributed by atoms with Crippen molar-refractivity contribution in [3.63, 3.8) is 0 Å². The van der Waals surface area contributed by atoms with Crippen LogP contribution in [0.25, 0.3) is 22.3 Å². The van der Waals surface area contributed by atoms with Gasteiger partial charge in [0, 0.05) is 30.2 Å². The van der Waals surface area contributed by atoms with Crippen molar-refractivity contribution in [1.82, 2.24) is 24.2 Å². The molecule has 0 N–H and O–H groups in total. The summed E-state index contributed by atoms with van der Waals surface area (Å²) in [6.45, 7) is 0. The maximum Gasteiger partial charge on any atom is 0.163 e. The number of hydrogen-bond acceptors (Lipinski definition) is 3. The molecule has 0 aromatic carbocycles. The van der Waals surface area contributed by atoms with Crippen LogP contribution in [-0.2, 0) is 0 Å². The van der Waals surface area contributed by atoms with Crippen LogP contribution < -0.4 is 0 Å². The van der Waals surface area contributed by atoms with Crippen LogP contribution in [-0.4, -0.2) is 24.2 Å². The second kappa shape index (κ2) is 3.40. The van der Waals surface area contributed by atoms with Gasteiger partial charge in [-0.25, -0.2) is 14.0 Å². The van der Waals surface area contributed by atoms with E-state index in [1.807, 2.05) is 36.7 Å². The first kappa shape index (κ1) is 9.35. The van der Waals surface area contributed by atoms with Crippen LogP contribution in [0.5, 0.6) is 0 Å². The fourth-order valence-corrected chi connectivity index (χ4v) is 2.07. The quantitative estimate of drug-likeness (QED) is 0.505. The fraction of sp³-hybridized carbons (Fsp3) is 0. The summed E-state index contributed by atoms with van der Waals surface area (Å²) in [5, 5.41) is 8.29. The van der Waals surface area contributed by atoms with Gasteiger partial charge in [-0.2, -0.15) is 10.2 Å². The van der Waals surface area contributed by atoms with Crippen LogP contribution in [0.1, 0.15) is 0 Å². The second-order valence-electron chi connectivity index (χ2n) is 3.97. The van der Waals surface area contributed by atoms with E-state index in [4.69, 9.17) is 0 Å². The zero-order valence-electron chi connectivity index (χ0n) is 9.35. The predicted molar refractivity (Wildman–Crippen MR) is 66.0 cm³/mol. The first-order valence-corrected chi connectivity index (χ1v) is 5.56. The lowest BCUT2D eigenvalue weighted by Crippen LogP contribution is -1.91. The third kappa shape index (κ3) is 1.24. The molecular weight excluding hydrogens is 226 g/mol. The van der Waals surface area contributed by atoms with E-state index in [1.165, 1.54) is 0 Å². The van der Waals surface area contributed by atoms with Gasteiger partial charge in [-0.05, 0) is 29.8 Å². The standard InChI is InChI=1S/C13H8N5/c1-2-12(13-14-9-16-18(13)6-1)10-4-7-17-11(8-10)3-5-15-17/h1-7,9H. The highest BCUT2D eigenvalue weighted by molar-refractivity contribution is 5.78. The first-order chi connectivity index (χ1) is 8.92. The first-order valence-electron chi connectivity index (χ1n) is 5.56. The molecular formula is C13H8N5. The Labute approximate surface area is 102 Å². The van der Waals surface area contributed by atoms with Gasteiger partial charge in [-0.1, -0.05) is 0 Å². The van der Waals surface area contributed by atoms with Gasteiger partial charge in [0.15, 0.2) is 5.65 Å². The molecule has 0 aliphatic heterocycles. The molecule has 0 aliphatic rings. The molecule has 4 aromatic heterocycles. The van der Waals surface area contributed by atoms with E-state index in [-0.39, 0.29) is 0 Å². The Morgan fingerprint density at radius 3 is 3.00 bits per heavy atom. The van der Waals surface area contributed by atoms with E-state index >= 15 is 0 Å². The molecule has 0 saturated heterocycles. The molecule has 1 radical (unpaired) electrons. The topological polar surface area (TPSA) is 47.5 Å². The van der Waals surface area contributed by atoms with Crippen molar-refractivity contribution in [2.75, 3.05) is 0 Å². The maximum absolute atomic E-state index is 4.27. The van der Waals surface area contributed by atoms with E-state index in [0.29, 0.717) is 0 Å². The van der Waals surface area contributed by atoms with Crippen LogP contribution in [0.4, 0.5) is 0 Å². The molecule has 0 unspecified atom stereocenters. The Hall–Kier alpha value is -2.69. The minimum Gasteiger partial charge on any atom is -0.240 e. The van der Waals surface area contributed by atoms with Crippen molar-refractivity contribution in [3.05, 3.63) is 55.2 Å². The molecule has 0 aliphatic carbocycles. The Bertz CT molecular complexity index is 842. The van der Waals surface area contributed by atoms with Crippen LogP contribution in [0.3, 0.4) is 0 Å². The minimum atomic E-state index is 0.831. The summed E-state index contributed by atoms with van der Waals surface area (Å²) in [5.41, 5.74) is 3.77. The Kier molecular flexibility index (Phi) is 1.77. The van der Waals surface area contributed by atoms with E-state index in [2.05, 4.69) is 21.2 Å². The molecule has 0 fully saturated rings. The van der Waals surface area contributed by atoms with Crippen LogP contribution in [0.2, 0.25) is 0 Å². The van der Waals surface area contributed by atoms with Gasteiger partial charge in [0.25, 0.3) is 0 Å². The highest BCUT2D eigenvalue weighted by atomic mass is 15.3. The number of nitrogens with zero attached hydrogens (tertiary/aromatic N) is 5. The average molecular weight is 234 g/mol. The molecule has 85 valence electrons. The largest absolute Gasteiger partial charge is 0.240 e. The van der Waals surface area contributed by atoms with Crippen LogP contribution in [0.15, 0.2) is 49.2 Å². The summed E-state index contributed by atoms with van der Waals surface area (Å²) in [5.74, 6) is 0. The molecule has 4 heterocycles. The molecule has 5 heteroatoms. The Balaban J connectivity index is 2.03. The smallest absolute Gasteiger partial charge is 0.163 e. The number of pyridine rings is 2. The summed E-state index contributed by atoms with van der Waals surface area (Å²) < 4.78 is 3.54. The minimum absolute atomic E-state index is 0.831. The summed E-state index contributed by atoms with van der Waals surface area (Å²) in [6, 6.07) is 11.2. The number of rotatable bonds is 1. The van der Waals surface area contributed by atoms with E-state index in [0.717, 1.165) is 22.3 Å². The lowest BCUT2D eigenvalue weighted by molar-refractivity contribution is 0.957. The lowest BCUT2D eigenvalue weighted by Gasteiger charge is -2.03. The van der Waals surface area contributed by atoms with Gasteiger partial charge in [-0.3, -0.25) is 0 Å². The van der Waals surface area contributed by atoms with Gasteiger partial charge in [0.05, 0.1) is 5.52 Å². The zero-order valence-corrected chi connectivity index (χ0v) is 9.35. The summed E-state index contributed by atoms with van der Waals surface area (Å²) >= 11 is 0. The molecule has 18 heavy (non-hydrogen) atoms. The van der Waals surface area contributed by atoms with Crippen molar-refractivity contribution in [2.24, 2.45) is 0 Å². The number of hydrogen-bond donors (Lipinski definition) is 0. The summed E-state index contributed by atoms with van der Waals surface area (Å²) in [6.07, 6.45) is 7.10. The van der Waals surface area contributed by atoms with Crippen LogP contribution >= 0.6 is 0 Å². The molecule has 5 nitrogen and oxygen atoms in total. The number of fused-ring (bicyclic) bond motifs is 2. The Morgan fingerprint density at radius 1 is 1.00 bits per heavy atom. The van der Waals surface area contributed by atoms with Gasteiger partial charge in [-0.15, -0.1) is 0 Å². The van der Waals surface area contributed by atoms with Crippen molar-refractivity contribution < 1.29 is 0 Å². The Morgan fingerprint density at radius 2 is 2.00 bits per heavy atom. The molecule has 4 aromatic rings. The second-order valence-corrected chi connectivity index (χ2v) is 3.97. The monoisotopic (exact) mass is 234 g/mol. The predicted octanol–water partition coefficient (Wildman–Crippen LogP) is 1.84.